The van der Waals surface area contributed by atoms with Crippen molar-refractivity contribution in [2.75, 3.05) is 6.54 Å². The summed E-state index contributed by atoms with van der Waals surface area (Å²) in [5.41, 5.74) is 6.40. The summed E-state index contributed by atoms with van der Waals surface area (Å²) in [6.45, 7) is 2.77. The first-order chi connectivity index (χ1) is 8.21. The summed E-state index contributed by atoms with van der Waals surface area (Å²) in [5, 5.41) is 6.99. The molecule has 17 heavy (non-hydrogen) atoms. The maximum absolute atomic E-state index is 5.49. The molecular formula is C11H14N4OS. The molecule has 6 heteroatoms. The fourth-order valence-corrected chi connectivity index (χ4v) is 2.42. The summed E-state index contributed by atoms with van der Waals surface area (Å²) in [7, 11) is 0. The molecule has 0 aromatic carbocycles. The predicted molar refractivity (Wildman–Crippen MR) is 64.8 cm³/mol. The first-order valence-corrected chi connectivity index (χ1v) is 6.58. The van der Waals surface area contributed by atoms with E-state index in [9.17, 15) is 0 Å². The van der Waals surface area contributed by atoms with E-state index in [0.29, 0.717) is 12.4 Å². The van der Waals surface area contributed by atoms with Crippen molar-refractivity contribution in [1.29, 1.82) is 0 Å². The van der Waals surface area contributed by atoms with Gasteiger partial charge in [-0.15, -0.1) is 11.3 Å². The van der Waals surface area contributed by atoms with Crippen LogP contribution in [-0.2, 0) is 11.8 Å². The van der Waals surface area contributed by atoms with Crippen LogP contribution in [0.1, 0.15) is 30.6 Å². The average molecular weight is 250 g/mol. The van der Waals surface area contributed by atoms with Crippen LogP contribution in [0.25, 0.3) is 11.6 Å². The minimum atomic E-state index is 0.137. The highest BCUT2D eigenvalue weighted by atomic mass is 32.1. The van der Waals surface area contributed by atoms with Gasteiger partial charge < -0.3 is 10.3 Å². The van der Waals surface area contributed by atoms with Gasteiger partial charge in [0.15, 0.2) is 5.82 Å². The molecule has 90 valence electrons. The summed E-state index contributed by atoms with van der Waals surface area (Å²) in [6, 6.07) is 0. The summed E-state index contributed by atoms with van der Waals surface area (Å²) >= 11 is 1.58. The van der Waals surface area contributed by atoms with Crippen LogP contribution >= 0.6 is 11.3 Å². The third-order valence-corrected chi connectivity index (χ3v) is 4.00. The topological polar surface area (TPSA) is 77.8 Å². The van der Waals surface area contributed by atoms with Crippen LogP contribution in [0.4, 0.5) is 0 Å². The smallest absolute Gasteiger partial charge is 0.277 e. The maximum atomic E-state index is 5.49. The Morgan fingerprint density at radius 3 is 3.00 bits per heavy atom. The number of hydrogen-bond donors (Lipinski definition) is 1. The molecule has 2 aromatic rings. The highest BCUT2D eigenvalue weighted by molar-refractivity contribution is 7.09. The van der Waals surface area contributed by atoms with Crippen LogP contribution in [0.2, 0.25) is 0 Å². The Morgan fingerprint density at radius 2 is 2.29 bits per heavy atom. The van der Waals surface area contributed by atoms with E-state index in [-0.39, 0.29) is 5.41 Å². The fraction of sp³-hybridized carbons (Fsp3) is 0.545. The SMILES string of the molecule is CC1(c2noc(-c3csc(CCN)n3)n2)CC1. The molecule has 1 aliphatic carbocycles. The Kier molecular flexibility index (Phi) is 2.48. The normalized spacial score (nSPS) is 17.3. The third-order valence-electron chi connectivity index (χ3n) is 3.09. The van der Waals surface area contributed by atoms with Crippen LogP contribution in [-0.4, -0.2) is 21.7 Å². The van der Waals surface area contributed by atoms with E-state index < -0.39 is 0 Å². The van der Waals surface area contributed by atoms with Crippen molar-refractivity contribution < 1.29 is 4.52 Å². The van der Waals surface area contributed by atoms with E-state index in [1.807, 2.05) is 5.38 Å². The molecule has 0 saturated heterocycles. The second-order valence-corrected chi connectivity index (χ2v) is 5.59. The number of nitrogens with zero attached hydrogens (tertiary/aromatic N) is 3. The van der Waals surface area contributed by atoms with Crippen LogP contribution < -0.4 is 5.73 Å². The monoisotopic (exact) mass is 250 g/mol. The zero-order valence-corrected chi connectivity index (χ0v) is 10.5. The number of hydrogen-bond acceptors (Lipinski definition) is 6. The molecule has 0 bridgehead atoms. The zero-order chi connectivity index (χ0) is 11.9. The van der Waals surface area contributed by atoms with E-state index in [1.54, 1.807) is 11.3 Å². The highest BCUT2D eigenvalue weighted by Gasteiger charge is 2.43. The summed E-state index contributed by atoms with van der Waals surface area (Å²) in [5.74, 6) is 1.33. The van der Waals surface area contributed by atoms with Gasteiger partial charge in [0.05, 0.1) is 5.01 Å². The number of nitrogens with two attached hydrogens (primary N) is 1. The minimum absolute atomic E-state index is 0.137. The van der Waals surface area contributed by atoms with Gasteiger partial charge in [-0.1, -0.05) is 12.1 Å². The van der Waals surface area contributed by atoms with Crippen LogP contribution in [0, 0.1) is 0 Å². The lowest BCUT2D eigenvalue weighted by Gasteiger charge is -1.96. The van der Waals surface area contributed by atoms with E-state index in [0.717, 1.165) is 35.8 Å². The minimum Gasteiger partial charge on any atom is -0.332 e. The molecule has 0 atom stereocenters. The second-order valence-electron chi connectivity index (χ2n) is 4.65. The standard InChI is InChI=1S/C11H14N4OS/c1-11(3-4-11)10-14-9(16-15-10)7-6-17-8(13-7)2-5-12/h6H,2-5,12H2,1H3. The van der Waals surface area contributed by atoms with E-state index in [4.69, 9.17) is 10.3 Å². The molecule has 0 spiro atoms. The molecule has 2 N–H and O–H groups in total. The predicted octanol–water partition coefficient (Wildman–Crippen LogP) is 1.75. The third kappa shape index (κ3) is 1.98. The molecule has 0 radical (unpaired) electrons. The van der Waals surface area contributed by atoms with Crippen LogP contribution in [0.3, 0.4) is 0 Å². The Bertz CT molecular complexity index is 529. The molecule has 5 nitrogen and oxygen atoms in total. The average Bonchev–Trinajstić information content (AvgIpc) is 2.79. The lowest BCUT2D eigenvalue weighted by molar-refractivity contribution is 0.415. The van der Waals surface area contributed by atoms with Gasteiger partial charge in [0.1, 0.15) is 5.69 Å². The number of rotatable bonds is 4. The molecule has 1 aliphatic rings. The molecule has 0 amide bonds. The van der Waals surface area contributed by atoms with Gasteiger partial charge >= 0.3 is 0 Å². The molecule has 2 heterocycles. The van der Waals surface area contributed by atoms with Gasteiger partial charge in [0.2, 0.25) is 0 Å². The molecule has 0 aliphatic heterocycles. The van der Waals surface area contributed by atoms with Gasteiger partial charge in [-0.25, -0.2) is 4.98 Å². The van der Waals surface area contributed by atoms with E-state index in [1.165, 1.54) is 0 Å². The van der Waals surface area contributed by atoms with Gasteiger partial charge in [-0.2, -0.15) is 4.98 Å². The number of thiazole rings is 1. The molecular weight excluding hydrogens is 236 g/mol. The Balaban J connectivity index is 1.85. The Labute approximate surface area is 103 Å². The lowest BCUT2D eigenvalue weighted by Crippen LogP contribution is -2.02. The summed E-state index contributed by atoms with van der Waals surface area (Å²) in [6.07, 6.45) is 3.08. The molecule has 2 aromatic heterocycles. The molecule has 1 saturated carbocycles. The molecule has 1 fully saturated rings. The fourth-order valence-electron chi connectivity index (χ4n) is 1.63. The van der Waals surface area contributed by atoms with Crippen molar-refractivity contribution in [2.24, 2.45) is 5.73 Å². The van der Waals surface area contributed by atoms with E-state index in [2.05, 4.69) is 22.0 Å². The highest BCUT2D eigenvalue weighted by Crippen LogP contribution is 2.46. The van der Waals surface area contributed by atoms with Crippen molar-refractivity contribution >= 4 is 11.3 Å². The van der Waals surface area contributed by atoms with Crippen molar-refractivity contribution in [1.82, 2.24) is 15.1 Å². The van der Waals surface area contributed by atoms with Gasteiger partial charge in [-0.3, -0.25) is 0 Å². The first kappa shape index (κ1) is 10.9. The first-order valence-electron chi connectivity index (χ1n) is 5.70. The maximum Gasteiger partial charge on any atom is 0.277 e. The van der Waals surface area contributed by atoms with Crippen molar-refractivity contribution in [3.05, 3.63) is 16.2 Å². The van der Waals surface area contributed by atoms with Crippen molar-refractivity contribution in [3.8, 4) is 11.6 Å². The lowest BCUT2D eigenvalue weighted by atomic mass is 10.1. The Hall–Kier alpha value is -1.27. The van der Waals surface area contributed by atoms with Crippen molar-refractivity contribution in [2.45, 2.75) is 31.6 Å². The molecule has 0 unspecified atom stereocenters. The van der Waals surface area contributed by atoms with Crippen molar-refractivity contribution in [3.63, 3.8) is 0 Å². The van der Waals surface area contributed by atoms with Gasteiger partial charge in [0, 0.05) is 17.2 Å². The van der Waals surface area contributed by atoms with Crippen LogP contribution in [0.15, 0.2) is 9.90 Å². The van der Waals surface area contributed by atoms with E-state index >= 15 is 0 Å². The van der Waals surface area contributed by atoms with Gasteiger partial charge in [-0.05, 0) is 19.4 Å². The van der Waals surface area contributed by atoms with Crippen LogP contribution in [0.5, 0.6) is 0 Å². The number of aromatic nitrogens is 3. The molecule has 3 rings (SSSR count). The zero-order valence-electron chi connectivity index (χ0n) is 9.64. The Morgan fingerprint density at radius 1 is 1.47 bits per heavy atom. The quantitative estimate of drug-likeness (QED) is 0.894. The second kappa shape index (κ2) is 3.89. The summed E-state index contributed by atoms with van der Waals surface area (Å²) < 4.78 is 5.26. The van der Waals surface area contributed by atoms with Gasteiger partial charge in [0.25, 0.3) is 5.89 Å². The summed E-state index contributed by atoms with van der Waals surface area (Å²) in [4.78, 5) is 8.85. The largest absolute Gasteiger partial charge is 0.332 e.